The molecule has 1 heterocycles. The van der Waals surface area contributed by atoms with Crippen LogP contribution in [0.15, 0.2) is 59.2 Å². The van der Waals surface area contributed by atoms with Gasteiger partial charge in [-0.2, -0.15) is 0 Å². The number of benzene rings is 1. The predicted molar refractivity (Wildman–Crippen MR) is 126 cm³/mol. The summed E-state index contributed by atoms with van der Waals surface area (Å²) in [6.45, 7) is 10.9. The molecule has 0 saturated heterocycles. The number of methoxy groups -OCH3 is 1. The number of allylic oxidation sites excluding steroid dienone is 4. The summed E-state index contributed by atoms with van der Waals surface area (Å²) in [5, 5.41) is 0.781. The van der Waals surface area contributed by atoms with E-state index in [9.17, 15) is 4.79 Å². The topological polar surface area (TPSA) is 57.7 Å². The third-order valence-corrected chi connectivity index (χ3v) is 4.66. The molecular formula is C26H33NO4. The highest BCUT2D eigenvalue weighted by atomic mass is 16.5. The van der Waals surface area contributed by atoms with Crippen molar-refractivity contribution >= 4 is 16.9 Å². The molecule has 2 aromatic rings. The van der Waals surface area contributed by atoms with Gasteiger partial charge in [-0.25, -0.2) is 9.78 Å². The molecule has 1 aromatic carbocycles. The van der Waals surface area contributed by atoms with Crippen LogP contribution in [0, 0.1) is 0 Å². The largest absolute Gasteiger partial charge is 0.496 e. The lowest BCUT2D eigenvalue weighted by Crippen LogP contribution is -2.09. The quantitative estimate of drug-likeness (QED) is 0.325. The molecule has 0 amide bonds. The van der Waals surface area contributed by atoms with Crippen LogP contribution >= 0.6 is 0 Å². The lowest BCUT2D eigenvalue weighted by atomic mass is 10.1. The van der Waals surface area contributed by atoms with Crippen LogP contribution in [0.4, 0.5) is 0 Å². The predicted octanol–water partition coefficient (Wildman–Crippen LogP) is 6.44. The molecule has 166 valence electrons. The van der Waals surface area contributed by atoms with E-state index in [4.69, 9.17) is 14.2 Å². The van der Waals surface area contributed by atoms with Gasteiger partial charge in [-0.1, -0.05) is 28.9 Å². The summed E-state index contributed by atoms with van der Waals surface area (Å²) in [6.07, 6.45) is 8.05. The Morgan fingerprint density at radius 3 is 2.39 bits per heavy atom. The lowest BCUT2D eigenvalue weighted by molar-refractivity contribution is 0.0542. The number of aromatic nitrogens is 1. The van der Waals surface area contributed by atoms with Gasteiger partial charge in [0.25, 0.3) is 0 Å². The first-order valence-electron chi connectivity index (χ1n) is 10.5. The van der Waals surface area contributed by atoms with Crippen molar-refractivity contribution < 1.29 is 19.0 Å². The molecule has 0 bridgehead atoms. The van der Waals surface area contributed by atoms with Gasteiger partial charge in [0.2, 0.25) is 0 Å². The second kappa shape index (κ2) is 11.9. The highest BCUT2D eigenvalue weighted by Crippen LogP contribution is 2.31. The fraction of sp³-hybridized carbons (Fsp3) is 0.385. The SMILES string of the molecule is COc1cc(C(=O)OC/C=C(\C)CCC=C(C)C)nc2c(OCC=C(C)C)cccc12. The zero-order valence-corrected chi connectivity index (χ0v) is 19.5. The fourth-order valence-electron chi connectivity index (χ4n) is 2.90. The van der Waals surface area contributed by atoms with Gasteiger partial charge in [-0.15, -0.1) is 0 Å². The van der Waals surface area contributed by atoms with E-state index in [0.29, 0.717) is 23.6 Å². The summed E-state index contributed by atoms with van der Waals surface area (Å²) in [4.78, 5) is 17.1. The van der Waals surface area contributed by atoms with Gasteiger partial charge < -0.3 is 14.2 Å². The Morgan fingerprint density at radius 1 is 0.968 bits per heavy atom. The molecule has 0 N–H and O–H groups in total. The van der Waals surface area contributed by atoms with E-state index in [0.717, 1.165) is 18.2 Å². The normalized spacial score (nSPS) is 11.1. The number of esters is 1. The molecule has 5 heteroatoms. The van der Waals surface area contributed by atoms with E-state index in [1.165, 1.54) is 16.7 Å². The van der Waals surface area contributed by atoms with Crippen LogP contribution in [0.1, 0.15) is 57.9 Å². The summed E-state index contributed by atoms with van der Waals surface area (Å²) in [5.74, 6) is 0.656. The third-order valence-electron chi connectivity index (χ3n) is 4.66. The number of carbonyl (C=O) groups is 1. The summed E-state index contributed by atoms with van der Waals surface area (Å²) in [5.41, 5.74) is 4.42. The minimum atomic E-state index is -0.493. The number of hydrogen-bond donors (Lipinski definition) is 0. The standard InChI is InChI=1S/C26H33NO4/c1-18(2)9-7-10-20(5)14-16-31-26(28)22-17-24(29-6)21-11-8-12-23(25(21)27-22)30-15-13-19(3)4/h8-9,11-14,17H,7,10,15-16H2,1-6H3/b20-14+. The Hall–Kier alpha value is -3.08. The van der Waals surface area contributed by atoms with Crippen LogP contribution < -0.4 is 9.47 Å². The summed E-state index contributed by atoms with van der Waals surface area (Å²) < 4.78 is 16.8. The highest BCUT2D eigenvalue weighted by molar-refractivity contribution is 5.96. The molecule has 0 spiro atoms. The molecule has 1 aromatic heterocycles. The monoisotopic (exact) mass is 423 g/mol. The van der Waals surface area contributed by atoms with E-state index < -0.39 is 5.97 Å². The molecule has 2 rings (SSSR count). The van der Waals surface area contributed by atoms with Crippen molar-refractivity contribution in [3.05, 3.63) is 64.9 Å². The number of fused-ring (bicyclic) bond motifs is 1. The van der Waals surface area contributed by atoms with Crippen molar-refractivity contribution in [3.8, 4) is 11.5 Å². The van der Waals surface area contributed by atoms with Gasteiger partial charge in [0, 0.05) is 11.5 Å². The zero-order chi connectivity index (χ0) is 22.8. The smallest absolute Gasteiger partial charge is 0.357 e. The van der Waals surface area contributed by atoms with Crippen molar-refractivity contribution in [2.24, 2.45) is 0 Å². The maximum Gasteiger partial charge on any atom is 0.357 e. The number of para-hydroxylation sites is 1. The van der Waals surface area contributed by atoms with Crippen LogP contribution in [0.5, 0.6) is 11.5 Å². The van der Waals surface area contributed by atoms with E-state index >= 15 is 0 Å². The Bertz CT molecular complexity index is 994. The second-order valence-electron chi connectivity index (χ2n) is 7.92. The summed E-state index contributed by atoms with van der Waals surface area (Å²) in [6, 6.07) is 7.21. The Morgan fingerprint density at radius 2 is 1.71 bits per heavy atom. The molecule has 0 atom stereocenters. The van der Waals surface area contributed by atoms with Crippen LogP contribution in [-0.4, -0.2) is 31.3 Å². The molecular weight excluding hydrogens is 390 g/mol. The van der Waals surface area contributed by atoms with Gasteiger partial charge >= 0.3 is 5.97 Å². The van der Waals surface area contributed by atoms with Crippen molar-refractivity contribution in [3.63, 3.8) is 0 Å². The van der Waals surface area contributed by atoms with Crippen LogP contribution in [0.25, 0.3) is 10.9 Å². The molecule has 5 nitrogen and oxygen atoms in total. The van der Waals surface area contributed by atoms with Crippen LogP contribution in [-0.2, 0) is 4.74 Å². The fourth-order valence-corrected chi connectivity index (χ4v) is 2.90. The number of pyridine rings is 1. The van der Waals surface area contributed by atoms with Gasteiger partial charge in [0.05, 0.1) is 7.11 Å². The summed E-state index contributed by atoms with van der Waals surface area (Å²) in [7, 11) is 1.57. The van der Waals surface area contributed by atoms with E-state index in [1.807, 2.05) is 51.1 Å². The Kier molecular flexibility index (Phi) is 9.32. The van der Waals surface area contributed by atoms with E-state index in [-0.39, 0.29) is 12.3 Å². The molecule has 0 saturated carbocycles. The molecule has 0 aliphatic carbocycles. The molecule has 0 aliphatic rings. The Labute approximate surface area is 185 Å². The molecule has 0 radical (unpaired) electrons. The molecule has 0 aliphatic heterocycles. The van der Waals surface area contributed by atoms with E-state index in [2.05, 4.69) is 24.9 Å². The number of ether oxygens (including phenoxy) is 3. The first-order chi connectivity index (χ1) is 14.8. The van der Waals surface area contributed by atoms with Crippen molar-refractivity contribution in [2.75, 3.05) is 20.3 Å². The van der Waals surface area contributed by atoms with Crippen molar-refractivity contribution in [1.82, 2.24) is 4.98 Å². The number of nitrogens with zero attached hydrogens (tertiary/aromatic N) is 1. The average molecular weight is 424 g/mol. The maximum absolute atomic E-state index is 12.6. The highest BCUT2D eigenvalue weighted by Gasteiger charge is 2.16. The molecule has 0 unspecified atom stereocenters. The second-order valence-corrected chi connectivity index (χ2v) is 7.92. The molecule has 31 heavy (non-hydrogen) atoms. The van der Waals surface area contributed by atoms with E-state index in [1.54, 1.807) is 13.2 Å². The number of carbonyl (C=O) groups excluding carboxylic acids is 1. The van der Waals surface area contributed by atoms with Crippen molar-refractivity contribution in [2.45, 2.75) is 47.5 Å². The average Bonchev–Trinajstić information content (AvgIpc) is 2.72. The number of hydrogen-bond acceptors (Lipinski definition) is 5. The number of rotatable bonds is 10. The summed E-state index contributed by atoms with van der Waals surface area (Å²) >= 11 is 0. The van der Waals surface area contributed by atoms with Crippen molar-refractivity contribution in [1.29, 1.82) is 0 Å². The minimum Gasteiger partial charge on any atom is -0.496 e. The van der Waals surface area contributed by atoms with Crippen LogP contribution in [0.2, 0.25) is 0 Å². The minimum absolute atomic E-state index is 0.193. The third kappa shape index (κ3) is 7.59. The van der Waals surface area contributed by atoms with Gasteiger partial charge in [-0.05, 0) is 71.7 Å². The molecule has 0 fully saturated rings. The zero-order valence-electron chi connectivity index (χ0n) is 19.5. The van der Waals surface area contributed by atoms with Gasteiger partial charge in [-0.3, -0.25) is 0 Å². The van der Waals surface area contributed by atoms with Crippen LogP contribution in [0.3, 0.4) is 0 Å². The lowest BCUT2D eigenvalue weighted by Gasteiger charge is -2.12. The Balaban J connectivity index is 2.18. The maximum atomic E-state index is 12.6. The first kappa shape index (κ1) is 24.2. The van der Waals surface area contributed by atoms with Gasteiger partial charge in [0.1, 0.15) is 30.2 Å². The first-order valence-corrected chi connectivity index (χ1v) is 10.5. The van der Waals surface area contributed by atoms with Gasteiger partial charge in [0.15, 0.2) is 5.69 Å².